The largest absolute Gasteiger partial charge is 0.384 e. The molecule has 1 aromatic rings. The molecule has 0 aromatic carbocycles. The Bertz CT molecular complexity index is 377. The molecule has 0 aliphatic rings. The van der Waals surface area contributed by atoms with E-state index in [1.165, 1.54) is 6.20 Å². The minimum atomic E-state index is -0.111. The first-order valence-electron chi connectivity index (χ1n) is 6.24. The number of carbonyl (C=O) groups excluding carboxylic acids is 1. The molecular formula is C13H22N4O. The minimum Gasteiger partial charge on any atom is -0.384 e. The molecule has 0 bridgehead atoms. The van der Waals surface area contributed by atoms with Crippen LogP contribution >= 0.6 is 0 Å². The number of nitrogen functional groups attached to an aromatic ring is 1. The van der Waals surface area contributed by atoms with Crippen molar-refractivity contribution in [1.82, 2.24) is 15.2 Å². The van der Waals surface area contributed by atoms with E-state index in [1.807, 2.05) is 0 Å². The number of likely N-dealkylation sites (N-methyl/N-ethyl adjacent to an activating group) is 1. The van der Waals surface area contributed by atoms with Crippen molar-refractivity contribution in [2.75, 3.05) is 25.9 Å². The van der Waals surface area contributed by atoms with Crippen LogP contribution in [0.25, 0.3) is 0 Å². The molecule has 0 saturated carbocycles. The van der Waals surface area contributed by atoms with Crippen LogP contribution in [0.2, 0.25) is 0 Å². The Morgan fingerprint density at radius 2 is 2.28 bits per heavy atom. The second-order valence-electron chi connectivity index (χ2n) is 4.47. The molecule has 1 atom stereocenters. The zero-order valence-electron chi connectivity index (χ0n) is 11.3. The Hall–Kier alpha value is -1.62. The quantitative estimate of drug-likeness (QED) is 0.794. The summed E-state index contributed by atoms with van der Waals surface area (Å²) in [4.78, 5) is 17.9. The summed E-state index contributed by atoms with van der Waals surface area (Å²) in [6.45, 7) is 5.79. The zero-order chi connectivity index (χ0) is 13.5. The second-order valence-corrected chi connectivity index (χ2v) is 4.47. The first-order valence-corrected chi connectivity index (χ1v) is 6.24. The lowest BCUT2D eigenvalue weighted by atomic mass is 10.2. The van der Waals surface area contributed by atoms with E-state index in [-0.39, 0.29) is 5.91 Å². The second kappa shape index (κ2) is 6.96. The van der Waals surface area contributed by atoms with Gasteiger partial charge in [0, 0.05) is 25.3 Å². The van der Waals surface area contributed by atoms with Gasteiger partial charge in [-0.25, -0.2) is 4.98 Å². The molecule has 0 fully saturated rings. The SMILES string of the molecule is CCC(C)N(C)CCNC(=O)c1ccc(N)nc1. The first-order chi connectivity index (χ1) is 8.54. The maximum Gasteiger partial charge on any atom is 0.252 e. The van der Waals surface area contributed by atoms with E-state index in [4.69, 9.17) is 5.73 Å². The van der Waals surface area contributed by atoms with Gasteiger partial charge >= 0.3 is 0 Å². The highest BCUT2D eigenvalue weighted by molar-refractivity contribution is 5.93. The number of hydrogen-bond acceptors (Lipinski definition) is 4. The lowest BCUT2D eigenvalue weighted by molar-refractivity contribution is 0.0947. The van der Waals surface area contributed by atoms with E-state index >= 15 is 0 Å². The van der Waals surface area contributed by atoms with E-state index in [2.05, 4.69) is 36.1 Å². The lowest BCUT2D eigenvalue weighted by Gasteiger charge is -2.23. The van der Waals surface area contributed by atoms with Crippen LogP contribution in [0.4, 0.5) is 5.82 Å². The molecule has 1 aromatic heterocycles. The molecule has 0 aliphatic heterocycles. The fourth-order valence-electron chi connectivity index (χ4n) is 1.52. The topological polar surface area (TPSA) is 71.2 Å². The number of pyridine rings is 1. The van der Waals surface area contributed by atoms with E-state index < -0.39 is 0 Å². The van der Waals surface area contributed by atoms with Gasteiger partial charge in [-0.2, -0.15) is 0 Å². The van der Waals surface area contributed by atoms with Crippen LogP contribution in [-0.4, -0.2) is 42.0 Å². The number of carbonyl (C=O) groups is 1. The van der Waals surface area contributed by atoms with E-state index in [0.29, 0.717) is 24.0 Å². The first kappa shape index (κ1) is 14.4. The number of nitrogens with two attached hydrogens (primary N) is 1. The van der Waals surface area contributed by atoms with Crippen LogP contribution < -0.4 is 11.1 Å². The van der Waals surface area contributed by atoms with Crippen LogP contribution in [0.15, 0.2) is 18.3 Å². The van der Waals surface area contributed by atoms with Crippen molar-refractivity contribution in [3.8, 4) is 0 Å². The van der Waals surface area contributed by atoms with Gasteiger partial charge in [0.05, 0.1) is 5.56 Å². The molecule has 0 aliphatic carbocycles. The molecule has 100 valence electrons. The minimum absolute atomic E-state index is 0.111. The molecule has 5 nitrogen and oxygen atoms in total. The summed E-state index contributed by atoms with van der Waals surface area (Å²) >= 11 is 0. The highest BCUT2D eigenvalue weighted by Crippen LogP contribution is 2.01. The average Bonchev–Trinajstić information content (AvgIpc) is 2.38. The fraction of sp³-hybridized carbons (Fsp3) is 0.538. The van der Waals surface area contributed by atoms with Crippen molar-refractivity contribution in [3.63, 3.8) is 0 Å². The number of rotatable bonds is 6. The van der Waals surface area contributed by atoms with E-state index in [1.54, 1.807) is 12.1 Å². The Balaban J connectivity index is 2.35. The smallest absolute Gasteiger partial charge is 0.252 e. The maximum absolute atomic E-state index is 11.8. The van der Waals surface area contributed by atoms with Crippen molar-refractivity contribution < 1.29 is 4.79 Å². The van der Waals surface area contributed by atoms with Crippen molar-refractivity contribution in [1.29, 1.82) is 0 Å². The predicted molar refractivity (Wildman–Crippen MR) is 73.4 cm³/mol. The third kappa shape index (κ3) is 4.33. The zero-order valence-corrected chi connectivity index (χ0v) is 11.3. The molecule has 0 saturated heterocycles. The standard InChI is InChI=1S/C13H22N4O/c1-4-10(2)17(3)8-7-15-13(18)11-5-6-12(14)16-9-11/h5-6,9-10H,4,7-8H2,1-3H3,(H2,14,16)(H,15,18). The van der Waals surface area contributed by atoms with Gasteiger partial charge in [-0.05, 0) is 32.5 Å². The Kier molecular flexibility index (Phi) is 5.58. The summed E-state index contributed by atoms with van der Waals surface area (Å²) in [6.07, 6.45) is 2.59. The molecule has 0 spiro atoms. The third-order valence-corrected chi connectivity index (χ3v) is 3.14. The number of amides is 1. The van der Waals surface area contributed by atoms with Gasteiger partial charge < -0.3 is 16.0 Å². The molecule has 1 amide bonds. The van der Waals surface area contributed by atoms with Crippen molar-refractivity contribution in [2.45, 2.75) is 26.3 Å². The summed E-state index contributed by atoms with van der Waals surface area (Å²) in [5, 5.41) is 2.87. The van der Waals surface area contributed by atoms with Crippen molar-refractivity contribution >= 4 is 11.7 Å². The number of hydrogen-bond donors (Lipinski definition) is 2. The van der Waals surface area contributed by atoms with Crippen LogP contribution in [0.1, 0.15) is 30.6 Å². The van der Waals surface area contributed by atoms with Gasteiger partial charge in [0.1, 0.15) is 5.82 Å². The Morgan fingerprint density at radius 1 is 1.56 bits per heavy atom. The molecule has 18 heavy (non-hydrogen) atoms. The molecule has 5 heteroatoms. The molecule has 1 heterocycles. The monoisotopic (exact) mass is 250 g/mol. The van der Waals surface area contributed by atoms with E-state index in [9.17, 15) is 4.79 Å². The molecule has 0 radical (unpaired) electrons. The third-order valence-electron chi connectivity index (χ3n) is 3.14. The number of anilines is 1. The van der Waals surface area contributed by atoms with Gasteiger partial charge in [-0.3, -0.25) is 4.79 Å². The van der Waals surface area contributed by atoms with Crippen molar-refractivity contribution in [2.24, 2.45) is 0 Å². The summed E-state index contributed by atoms with van der Waals surface area (Å²) in [5.74, 6) is 0.308. The van der Waals surface area contributed by atoms with Crippen LogP contribution in [0.3, 0.4) is 0 Å². The molecule has 1 rings (SSSR count). The summed E-state index contributed by atoms with van der Waals surface area (Å²) in [7, 11) is 2.06. The highest BCUT2D eigenvalue weighted by atomic mass is 16.1. The number of aromatic nitrogens is 1. The summed E-state index contributed by atoms with van der Waals surface area (Å²) in [5.41, 5.74) is 6.00. The van der Waals surface area contributed by atoms with Crippen LogP contribution in [0.5, 0.6) is 0 Å². The average molecular weight is 250 g/mol. The van der Waals surface area contributed by atoms with Gasteiger partial charge in [-0.1, -0.05) is 6.92 Å². The van der Waals surface area contributed by atoms with Crippen LogP contribution in [-0.2, 0) is 0 Å². The maximum atomic E-state index is 11.8. The molecule has 3 N–H and O–H groups in total. The van der Waals surface area contributed by atoms with Crippen molar-refractivity contribution in [3.05, 3.63) is 23.9 Å². The van der Waals surface area contributed by atoms with Gasteiger partial charge in [0.15, 0.2) is 0 Å². The van der Waals surface area contributed by atoms with Gasteiger partial charge in [-0.15, -0.1) is 0 Å². The predicted octanol–water partition coefficient (Wildman–Crippen LogP) is 1.12. The van der Waals surface area contributed by atoms with E-state index in [0.717, 1.165) is 13.0 Å². The Morgan fingerprint density at radius 3 is 2.83 bits per heavy atom. The van der Waals surface area contributed by atoms with Gasteiger partial charge in [0.2, 0.25) is 0 Å². The Labute approximate surface area is 108 Å². The van der Waals surface area contributed by atoms with Crippen LogP contribution in [0, 0.1) is 0 Å². The van der Waals surface area contributed by atoms with Gasteiger partial charge in [0.25, 0.3) is 5.91 Å². The number of nitrogens with one attached hydrogen (secondary N) is 1. The summed E-state index contributed by atoms with van der Waals surface area (Å²) in [6, 6.07) is 3.83. The molecule has 1 unspecified atom stereocenters. The summed E-state index contributed by atoms with van der Waals surface area (Å²) < 4.78 is 0. The normalized spacial score (nSPS) is 12.4. The lowest BCUT2D eigenvalue weighted by Crippen LogP contribution is -2.37. The highest BCUT2D eigenvalue weighted by Gasteiger charge is 2.08. The molecular weight excluding hydrogens is 228 g/mol. The number of nitrogens with zero attached hydrogens (tertiary/aromatic N) is 2. The fourth-order valence-corrected chi connectivity index (χ4v) is 1.52.